The van der Waals surface area contributed by atoms with Crippen LogP contribution in [0.15, 0.2) is 34.9 Å². The number of benzene rings is 1. The summed E-state index contributed by atoms with van der Waals surface area (Å²) in [6.07, 6.45) is 1.73. The SMILES string of the molecule is CNC(=O)C(C)NCc1coc2ccccc12. The fourth-order valence-electron chi connectivity index (χ4n) is 1.74. The molecule has 0 saturated heterocycles. The van der Waals surface area contributed by atoms with E-state index in [0.717, 1.165) is 16.5 Å². The quantitative estimate of drug-likeness (QED) is 0.843. The van der Waals surface area contributed by atoms with Gasteiger partial charge in [0.1, 0.15) is 5.58 Å². The Kier molecular flexibility index (Phi) is 3.44. The average molecular weight is 232 g/mol. The molecule has 0 aliphatic heterocycles. The van der Waals surface area contributed by atoms with E-state index in [1.807, 2.05) is 31.2 Å². The molecule has 0 spiro atoms. The Morgan fingerprint density at radius 2 is 2.18 bits per heavy atom. The fraction of sp³-hybridized carbons (Fsp3) is 0.308. The van der Waals surface area contributed by atoms with Gasteiger partial charge in [-0.05, 0) is 13.0 Å². The van der Waals surface area contributed by atoms with Crippen molar-refractivity contribution >= 4 is 16.9 Å². The van der Waals surface area contributed by atoms with Gasteiger partial charge in [-0.1, -0.05) is 18.2 Å². The lowest BCUT2D eigenvalue weighted by Crippen LogP contribution is -2.40. The topological polar surface area (TPSA) is 54.3 Å². The van der Waals surface area contributed by atoms with E-state index in [2.05, 4.69) is 10.6 Å². The van der Waals surface area contributed by atoms with Crippen LogP contribution in [0.1, 0.15) is 12.5 Å². The van der Waals surface area contributed by atoms with E-state index in [9.17, 15) is 4.79 Å². The molecule has 1 amide bonds. The van der Waals surface area contributed by atoms with Gasteiger partial charge in [0.05, 0.1) is 12.3 Å². The number of likely N-dealkylation sites (N-methyl/N-ethyl adjacent to an activating group) is 1. The molecule has 17 heavy (non-hydrogen) atoms. The molecule has 1 heterocycles. The first kappa shape index (κ1) is 11.7. The zero-order valence-electron chi connectivity index (χ0n) is 9.99. The Bertz CT molecular complexity index is 519. The third-order valence-electron chi connectivity index (χ3n) is 2.80. The molecule has 0 aliphatic carbocycles. The Labute approximate surface area is 100.0 Å². The van der Waals surface area contributed by atoms with Crippen molar-refractivity contribution in [3.05, 3.63) is 36.1 Å². The van der Waals surface area contributed by atoms with Gasteiger partial charge in [-0.2, -0.15) is 0 Å². The van der Waals surface area contributed by atoms with Crippen LogP contribution >= 0.6 is 0 Å². The van der Waals surface area contributed by atoms with Crippen molar-refractivity contribution < 1.29 is 9.21 Å². The molecule has 90 valence electrons. The Morgan fingerprint density at radius 3 is 2.94 bits per heavy atom. The van der Waals surface area contributed by atoms with Crippen LogP contribution in [0.3, 0.4) is 0 Å². The van der Waals surface area contributed by atoms with E-state index in [4.69, 9.17) is 4.42 Å². The summed E-state index contributed by atoms with van der Waals surface area (Å²) in [4.78, 5) is 11.3. The minimum Gasteiger partial charge on any atom is -0.464 e. The highest BCUT2D eigenvalue weighted by Crippen LogP contribution is 2.20. The van der Waals surface area contributed by atoms with E-state index < -0.39 is 0 Å². The fourth-order valence-corrected chi connectivity index (χ4v) is 1.74. The summed E-state index contributed by atoms with van der Waals surface area (Å²) in [5.74, 6) is -0.0159. The first-order valence-corrected chi connectivity index (χ1v) is 5.62. The van der Waals surface area contributed by atoms with Crippen molar-refractivity contribution in [1.29, 1.82) is 0 Å². The third-order valence-corrected chi connectivity index (χ3v) is 2.80. The number of amides is 1. The van der Waals surface area contributed by atoms with Crippen molar-refractivity contribution in [2.45, 2.75) is 19.5 Å². The summed E-state index contributed by atoms with van der Waals surface area (Å²) in [7, 11) is 1.63. The molecule has 1 aromatic carbocycles. The van der Waals surface area contributed by atoms with Crippen molar-refractivity contribution in [3.63, 3.8) is 0 Å². The van der Waals surface area contributed by atoms with E-state index in [0.29, 0.717) is 6.54 Å². The predicted octanol–water partition coefficient (Wildman–Crippen LogP) is 1.66. The summed E-state index contributed by atoms with van der Waals surface area (Å²) in [6.45, 7) is 2.45. The van der Waals surface area contributed by atoms with Gasteiger partial charge in [0.25, 0.3) is 0 Å². The minimum absolute atomic E-state index is 0.0159. The minimum atomic E-state index is -0.214. The summed E-state index contributed by atoms with van der Waals surface area (Å²) in [6, 6.07) is 7.65. The lowest BCUT2D eigenvalue weighted by Gasteiger charge is -2.11. The van der Waals surface area contributed by atoms with Gasteiger partial charge in [-0.3, -0.25) is 4.79 Å². The zero-order chi connectivity index (χ0) is 12.3. The molecule has 4 heteroatoms. The second-order valence-corrected chi connectivity index (χ2v) is 3.97. The molecule has 0 fully saturated rings. The van der Waals surface area contributed by atoms with E-state index in [1.54, 1.807) is 13.3 Å². The van der Waals surface area contributed by atoms with Crippen molar-refractivity contribution in [3.8, 4) is 0 Å². The number of fused-ring (bicyclic) bond motifs is 1. The first-order valence-electron chi connectivity index (χ1n) is 5.62. The molecule has 1 unspecified atom stereocenters. The average Bonchev–Trinajstić information content (AvgIpc) is 2.78. The molecule has 2 aromatic rings. The maximum Gasteiger partial charge on any atom is 0.236 e. The number of nitrogens with one attached hydrogen (secondary N) is 2. The van der Waals surface area contributed by atoms with Crippen LogP contribution in [0.5, 0.6) is 0 Å². The Morgan fingerprint density at radius 1 is 1.41 bits per heavy atom. The van der Waals surface area contributed by atoms with Gasteiger partial charge in [-0.15, -0.1) is 0 Å². The van der Waals surface area contributed by atoms with E-state index in [1.165, 1.54) is 0 Å². The summed E-state index contributed by atoms with van der Waals surface area (Å²) in [5, 5.41) is 6.85. The maximum atomic E-state index is 11.3. The highest BCUT2D eigenvalue weighted by atomic mass is 16.3. The molecule has 0 saturated carbocycles. The van der Waals surface area contributed by atoms with Crippen molar-refractivity contribution in [1.82, 2.24) is 10.6 Å². The number of carbonyl (C=O) groups excluding carboxylic acids is 1. The normalized spacial score (nSPS) is 12.6. The highest BCUT2D eigenvalue weighted by molar-refractivity contribution is 5.82. The van der Waals surface area contributed by atoms with Crippen LogP contribution in [-0.2, 0) is 11.3 Å². The van der Waals surface area contributed by atoms with Gasteiger partial charge in [0, 0.05) is 24.5 Å². The molecule has 0 bridgehead atoms. The molecule has 1 atom stereocenters. The zero-order valence-corrected chi connectivity index (χ0v) is 9.99. The predicted molar refractivity (Wildman–Crippen MR) is 66.6 cm³/mol. The highest BCUT2D eigenvalue weighted by Gasteiger charge is 2.11. The Hall–Kier alpha value is -1.81. The van der Waals surface area contributed by atoms with Crippen LogP contribution in [0.4, 0.5) is 0 Å². The Balaban J connectivity index is 2.07. The van der Waals surface area contributed by atoms with Crippen LogP contribution in [-0.4, -0.2) is 19.0 Å². The largest absolute Gasteiger partial charge is 0.464 e. The lowest BCUT2D eigenvalue weighted by molar-refractivity contribution is -0.122. The first-order chi connectivity index (χ1) is 8.22. The second kappa shape index (κ2) is 5.01. The number of furan rings is 1. The van der Waals surface area contributed by atoms with E-state index in [-0.39, 0.29) is 11.9 Å². The molecule has 4 nitrogen and oxygen atoms in total. The number of hydrogen-bond acceptors (Lipinski definition) is 3. The van der Waals surface area contributed by atoms with Gasteiger partial charge in [-0.25, -0.2) is 0 Å². The lowest BCUT2D eigenvalue weighted by atomic mass is 10.1. The molecule has 0 radical (unpaired) electrons. The third kappa shape index (κ3) is 2.47. The van der Waals surface area contributed by atoms with Gasteiger partial charge >= 0.3 is 0 Å². The smallest absolute Gasteiger partial charge is 0.236 e. The van der Waals surface area contributed by atoms with Gasteiger partial charge < -0.3 is 15.1 Å². The standard InChI is InChI=1S/C13H16N2O2/c1-9(13(16)14-2)15-7-10-8-17-12-6-4-3-5-11(10)12/h3-6,8-9,15H,7H2,1-2H3,(H,14,16). The molecule has 2 rings (SSSR count). The molecular formula is C13H16N2O2. The van der Waals surface area contributed by atoms with Crippen LogP contribution in [0, 0.1) is 0 Å². The second-order valence-electron chi connectivity index (χ2n) is 3.97. The number of carbonyl (C=O) groups is 1. The monoisotopic (exact) mass is 232 g/mol. The summed E-state index contributed by atoms with van der Waals surface area (Å²) >= 11 is 0. The number of rotatable bonds is 4. The number of hydrogen-bond donors (Lipinski definition) is 2. The van der Waals surface area contributed by atoms with Crippen LogP contribution < -0.4 is 10.6 Å². The van der Waals surface area contributed by atoms with E-state index >= 15 is 0 Å². The molecule has 0 aliphatic rings. The molecular weight excluding hydrogens is 216 g/mol. The van der Waals surface area contributed by atoms with Crippen molar-refractivity contribution in [2.24, 2.45) is 0 Å². The van der Waals surface area contributed by atoms with Gasteiger partial charge in [0.2, 0.25) is 5.91 Å². The summed E-state index contributed by atoms with van der Waals surface area (Å²) < 4.78 is 5.43. The summed E-state index contributed by atoms with van der Waals surface area (Å²) in [5.41, 5.74) is 1.94. The van der Waals surface area contributed by atoms with Crippen LogP contribution in [0.2, 0.25) is 0 Å². The number of para-hydroxylation sites is 1. The maximum absolute atomic E-state index is 11.3. The van der Waals surface area contributed by atoms with Crippen LogP contribution in [0.25, 0.3) is 11.0 Å². The molecule has 1 aromatic heterocycles. The van der Waals surface area contributed by atoms with Crippen molar-refractivity contribution in [2.75, 3.05) is 7.05 Å². The van der Waals surface area contributed by atoms with Gasteiger partial charge in [0.15, 0.2) is 0 Å². The molecule has 2 N–H and O–H groups in total.